The molecule has 7 atom stereocenters. The van der Waals surface area contributed by atoms with Gasteiger partial charge >= 0.3 is 0 Å². The molecule has 4 aliphatic rings. The molecule has 0 saturated heterocycles. The first-order chi connectivity index (χ1) is 11.2. The van der Waals surface area contributed by atoms with Crippen molar-refractivity contribution in [1.82, 2.24) is 0 Å². The molecule has 0 radical (unpaired) electrons. The number of carbonyl (C=O) groups excluding carboxylic acids is 1. The third kappa shape index (κ3) is 1.90. The third-order valence-corrected chi connectivity index (χ3v) is 8.65. The Morgan fingerprint density at radius 3 is 2.54 bits per heavy atom. The number of hydrogen-bond acceptors (Lipinski definition) is 3. The van der Waals surface area contributed by atoms with E-state index in [1.807, 2.05) is 0 Å². The number of hydrogen-bond donors (Lipinski definition) is 3. The Hall–Kier alpha value is -0.870. The van der Waals surface area contributed by atoms with Crippen LogP contribution < -0.4 is 5.73 Å². The average molecular weight is 333 g/mol. The molecule has 4 rings (SSSR count). The van der Waals surface area contributed by atoms with Crippen molar-refractivity contribution < 1.29 is 15.0 Å². The van der Waals surface area contributed by atoms with Crippen molar-refractivity contribution in [3.63, 3.8) is 0 Å². The third-order valence-electron chi connectivity index (χ3n) is 8.65. The molecule has 3 fully saturated rings. The van der Waals surface area contributed by atoms with Gasteiger partial charge in [-0.25, -0.2) is 0 Å². The zero-order chi connectivity index (χ0) is 17.3. The van der Waals surface area contributed by atoms with E-state index in [1.165, 1.54) is 5.57 Å². The molecular weight excluding hydrogens is 302 g/mol. The van der Waals surface area contributed by atoms with Gasteiger partial charge in [0.15, 0.2) is 0 Å². The Morgan fingerprint density at radius 1 is 1.12 bits per heavy atom. The Morgan fingerprint density at radius 2 is 1.83 bits per heavy atom. The molecule has 0 bridgehead atoms. The van der Waals surface area contributed by atoms with Crippen molar-refractivity contribution in [2.24, 2.45) is 34.3 Å². The molecule has 4 aliphatic carbocycles. The highest BCUT2D eigenvalue weighted by Crippen LogP contribution is 2.67. The largest absolute Gasteiger partial charge is 0.389 e. The van der Waals surface area contributed by atoms with Crippen LogP contribution in [0.25, 0.3) is 0 Å². The highest BCUT2D eigenvalue weighted by Gasteiger charge is 2.65. The van der Waals surface area contributed by atoms with Crippen LogP contribution in [0.4, 0.5) is 0 Å². The number of aliphatic hydroxyl groups is 2. The summed E-state index contributed by atoms with van der Waals surface area (Å²) in [6.45, 7) is 4.49. The van der Waals surface area contributed by atoms with Gasteiger partial charge in [0.25, 0.3) is 0 Å². The average Bonchev–Trinajstić information content (AvgIpc) is 2.81. The lowest BCUT2D eigenvalue weighted by atomic mass is 9.46. The van der Waals surface area contributed by atoms with Gasteiger partial charge in [0, 0.05) is 5.41 Å². The summed E-state index contributed by atoms with van der Waals surface area (Å²) in [7, 11) is 0. The summed E-state index contributed by atoms with van der Waals surface area (Å²) in [5.41, 5.74) is 5.56. The normalized spacial score (nSPS) is 53.6. The van der Waals surface area contributed by atoms with Crippen LogP contribution in [0.2, 0.25) is 0 Å². The number of nitrogens with two attached hydrogens (primary N) is 1. The van der Waals surface area contributed by atoms with Crippen LogP contribution in [-0.4, -0.2) is 27.8 Å². The summed E-state index contributed by atoms with van der Waals surface area (Å²) in [4.78, 5) is 12.0. The quantitative estimate of drug-likeness (QED) is 0.645. The highest BCUT2D eigenvalue weighted by atomic mass is 16.3. The van der Waals surface area contributed by atoms with E-state index in [9.17, 15) is 15.0 Å². The van der Waals surface area contributed by atoms with Crippen LogP contribution in [0.5, 0.6) is 0 Å². The lowest BCUT2D eigenvalue weighted by Gasteiger charge is -2.59. The SMILES string of the molecule is C[C@]12CC[C@H](O)C=C1CC[C@@H]1[C@@H]2CC[C@@]2(C)[C@H]1CC[C@]2(O)C(N)=O. The highest BCUT2D eigenvalue weighted by molar-refractivity contribution is 5.84. The second-order valence-corrected chi connectivity index (χ2v) is 9.35. The fraction of sp³-hybridized carbons (Fsp3) is 0.850. The van der Waals surface area contributed by atoms with E-state index < -0.39 is 11.5 Å². The van der Waals surface area contributed by atoms with Gasteiger partial charge in [0.2, 0.25) is 5.91 Å². The Labute approximate surface area is 144 Å². The fourth-order valence-electron chi connectivity index (χ4n) is 7.13. The van der Waals surface area contributed by atoms with Crippen molar-refractivity contribution in [2.45, 2.75) is 76.9 Å². The van der Waals surface area contributed by atoms with Gasteiger partial charge in [-0.3, -0.25) is 4.79 Å². The molecule has 0 unspecified atom stereocenters. The second-order valence-electron chi connectivity index (χ2n) is 9.35. The number of rotatable bonds is 1. The Bertz CT molecular complexity index is 602. The Balaban J connectivity index is 1.69. The number of carbonyl (C=O) groups is 1. The molecule has 4 heteroatoms. The number of aliphatic hydroxyl groups excluding tert-OH is 1. The number of fused-ring (bicyclic) bond motifs is 5. The predicted octanol–water partition coefficient (Wildman–Crippen LogP) is 2.53. The van der Waals surface area contributed by atoms with E-state index in [-0.39, 0.29) is 16.9 Å². The molecule has 134 valence electrons. The first-order valence-electron chi connectivity index (χ1n) is 9.64. The zero-order valence-electron chi connectivity index (χ0n) is 14.9. The van der Waals surface area contributed by atoms with Gasteiger partial charge in [0.1, 0.15) is 5.60 Å². The molecule has 0 aromatic carbocycles. The van der Waals surface area contributed by atoms with Gasteiger partial charge in [-0.2, -0.15) is 0 Å². The van der Waals surface area contributed by atoms with Crippen LogP contribution in [0.15, 0.2) is 11.6 Å². The number of primary amides is 1. The van der Waals surface area contributed by atoms with Crippen LogP contribution in [-0.2, 0) is 4.79 Å². The van der Waals surface area contributed by atoms with Crippen LogP contribution >= 0.6 is 0 Å². The lowest BCUT2D eigenvalue weighted by molar-refractivity contribution is -0.161. The summed E-state index contributed by atoms with van der Waals surface area (Å²) in [5.74, 6) is 1.03. The summed E-state index contributed by atoms with van der Waals surface area (Å²) in [6, 6.07) is 0. The van der Waals surface area contributed by atoms with Gasteiger partial charge in [-0.1, -0.05) is 25.5 Å². The van der Waals surface area contributed by atoms with Crippen molar-refractivity contribution in [3.8, 4) is 0 Å². The number of allylic oxidation sites excluding steroid dienone is 1. The van der Waals surface area contributed by atoms with Gasteiger partial charge in [-0.15, -0.1) is 0 Å². The smallest absolute Gasteiger partial charge is 0.249 e. The van der Waals surface area contributed by atoms with Crippen molar-refractivity contribution in [1.29, 1.82) is 0 Å². The van der Waals surface area contributed by atoms with E-state index in [2.05, 4.69) is 19.9 Å². The first kappa shape index (κ1) is 16.6. The summed E-state index contributed by atoms with van der Waals surface area (Å²) in [6.07, 6.45) is 9.29. The predicted molar refractivity (Wildman–Crippen MR) is 91.9 cm³/mol. The van der Waals surface area contributed by atoms with Crippen LogP contribution in [0.1, 0.15) is 65.2 Å². The summed E-state index contributed by atoms with van der Waals surface area (Å²) >= 11 is 0. The molecule has 0 aromatic rings. The van der Waals surface area contributed by atoms with E-state index >= 15 is 0 Å². The molecule has 0 aromatic heterocycles. The summed E-state index contributed by atoms with van der Waals surface area (Å²) < 4.78 is 0. The maximum atomic E-state index is 12.0. The topological polar surface area (TPSA) is 83.6 Å². The van der Waals surface area contributed by atoms with Gasteiger partial charge in [-0.05, 0) is 74.5 Å². The Kier molecular flexibility index (Phi) is 3.51. The molecule has 0 heterocycles. The maximum absolute atomic E-state index is 12.0. The molecule has 4 N–H and O–H groups in total. The minimum Gasteiger partial charge on any atom is -0.389 e. The lowest BCUT2D eigenvalue weighted by Crippen LogP contribution is -2.59. The zero-order valence-corrected chi connectivity index (χ0v) is 14.9. The van der Waals surface area contributed by atoms with Crippen LogP contribution in [0.3, 0.4) is 0 Å². The molecule has 4 nitrogen and oxygen atoms in total. The maximum Gasteiger partial charge on any atom is 0.249 e. The van der Waals surface area contributed by atoms with Crippen molar-refractivity contribution in [3.05, 3.63) is 11.6 Å². The minimum atomic E-state index is -1.33. The van der Waals surface area contributed by atoms with Crippen molar-refractivity contribution in [2.75, 3.05) is 0 Å². The minimum absolute atomic E-state index is 0.191. The van der Waals surface area contributed by atoms with E-state index in [0.717, 1.165) is 44.9 Å². The van der Waals surface area contributed by atoms with Gasteiger partial charge < -0.3 is 15.9 Å². The fourth-order valence-corrected chi connectivity index (χ4v) is 7.13. The van der Waals surface area contributed by atoms with Gasteiger partial charge in [0.05, 0.1) is 6.10 Å². The van der Waals surface area contributed by atoms with E-state index in [0.29, 0.717) is 24.2 Å². The van der Waals surface area contributed by atoms with Crippen LogP contribution in [0, 0.1) is 28.6 Å². The second kappa shape index (κ2) is 5.07. The molecule has 1 amide bonds. The first-order valence-corrected chi connectivity index (χ1v) is 9.64. The monoisotopic (exact) mass is 333 g/mol. The molecule has 0 spiro atoms. The van der Waals surface area contributed by atoms with Crippen molar-refractivity contribution >= 4 is 5.91 Å². The number of amides is 1. The van der Waals surface area contributed by atoms with E-state index in [1.54, 1.807) is 0 Å². The summed E-state index contributed by atoms with van der Waals surface area (Å²) in [5, 5.41) is 21.0. The van der Waals surface area contributed by atoms with E-state index in [4.69, 9.17) is 5.73 Å². The molecule has 0 aliphatic heterocycles. The standard InChI is InChI=1S/C20H31NO3/c1-18-8-5-13(22)11-12(18)3-4-14-15(18)6-9-19(2)16(14)7-10-20(19,24)17(21)23/h11,13-16,22,24H,3-10H2,1-2H3,(H2,21,23)/t13-,14+,15-,16-,18-,19-,20-/m0/s1. The molecule has 3 saturated carbocycles. The molecular formula is C20H31NO3. The molecule has 24 heavy (non-hydrogen) atoms.